The Morgan fingerprint density at radius 1 is 1.02 bits per heavy atom. The van der Waals surface area contributed by atoms with Crippen molar-refractivity contribution in [2.45, 2.75) is 84.5 Å². The Kier molecular flexibility index (Phi) is 9.23. The maximum absolute atomic E-state index is 13.8. The van der Waals surface area contributed by atoms with Crippen LogP contribution in [0.1, 0.15) is 57.2 Å². The second-order valence-corrected chi connectivity index (χ2v) is 13.1. The van der Waals surface area contributed by atoms with Gasteiger partial charge in [-0.3, -0.25) is 9.63 Å². The maximum Gasteiger partial charge on any atom is 0.315 e. The summed E-state index contributed by atoms with van der Waals surface area (Å²) >= 11 is 0. The van der Waals surface area contributed by atoms with Crippen LogP contribution >= 0.6 is 0 Å². The zero-order chi connectivity index (χ0) is 30.0. The summed E-state index contributed by atoms with van der Waals surface area (Å²) in [5.41, 5.74) is 3.14. The molecule has 4 aliphatic rings. The van der Waals surface area contributed by atoms with Crippen molar-refractivity contribution in [1.29, 1.82) is 0 Å². The molecule has 9 heteroatoms. The predicted octanol–water partition coefficient (Wildman–Crippen LogP) is 3.35. The van der Waals surface area contributed by atoms with Gasteiger partial charge in [0.05, 0.1) is 19.3 Å². The minimum atomic E-state index is -0.844. The number of amides is 3. The summed E-state index contributed by atoms with van der Waals surface area (Å²) in [6, 6.07) is 16.6. The van der Waals surface area contributed by atoms with Crippen molar-refractivity contribution in [1.82, 2.24) is 21.0 Å². The van der Waals surface area contributed by atoms with Gasteiger partial charge in [0.25, 0.3) is 0 Å². The molecule has 42 heavy (non-hydrogen) atoms. The van der Waals surface area contributed by atoms with E-state index in [0.29, 0.717) is 42.8 Å². The Labute approximate surface area is 249 Å². The molecule has 228 valence electrons. The number of hydrogen-bond donors (Lipinski definition) is 5. The largest absolute Gasteiger partial charge is 0.394 e. The van der Waals surface area contributed by atoms with Gasteiger partial charge in [0.2, 0.25) is 5.91 Å². The van der Waals surface area contributed by atoms with Gasteiger partial charge < -0.3 is 26.2 Å². The number of rotatable bonds is 10. The van der Waals surface area contributed by atoms with Crippen molar-refractivity contribution < 1.29 is 24.6 Å². The molecule has 5 N–H and O–H groups in total. The van der Waals surface area contributed by atoms with Crippen molar-refractivity contribution in [2.75, 3.05) is 6.61 Å². The molecule has 2 bridgehead atoms. The maximum atomic E-state index is 13.8. The van der Waals surface area contributed by atoms with E-state index in [1.807, 2.05) is 54.6 Å². The minimum Gasteiger partial charge on any atom is -0.394 e. The predicted molar refractivity (Wildman–Crippen MR) is 160 cm³/mol. The number of hydrogen-bond acceptors (Lipinski definition) is 6. The third kappa shape index (κ3) is 6.34. The molecule has 3 amide bonds. The second-order valence-electron chi connectivity index (χ2n) is 13.1. The molecule has 0 radical (unpaired) electrons. The van der Waals surface area contributed by atoms with E-state index in [2.05, 4.69) is 36.7 Å². The molecule has 1 aliphatic heterocycles. The summed E-state index contributed by atoms with van der Waals surface area (Å²) in [7, 11) is 0. The molecular weight excluding hydrogens is 532 g/mol. The molecular formula is C33H46N4O5. The average Bonchev–Trinajstić information content (AvgIpc) is 3.35. The molecule has 1 saturated heterocycles. The number of urea groups is 1. The highest BCUT2D eigenvalue weighted by Gasteiger charge is 2.57. The van der Waals surface area contributed by atoms with Crippen LogP contribution in [0.25, 0.3) is 0 Å². The summed E-state index contributed by atoms with van der Waals surface area (Å²) in [6.45, 7) is 9.34. The molecule has 4 fully saturated rings. The lowest BCUT2D eigenvalue weighted by atomic mass is 9.45. The lowest BCUT2D eigenvalue weighted by molar-refractivity contribution is -0.183. The van der Waals surface area contributed by atoms with E-state index in [4.69, 9.17) is 4.84 Å². The molecule has 1 heterocycles. The smallest absolute Gasteiger partial charge is 0.315 e. The van der Waals surface area contributed by atoms with E-state index in [0.717, 1.165) is 23.1 Å². The van der Waals surface area contributed by atoms with Crippen LogP contribution in [0, 0.1) is 29.1 Å². The fourth-order valence-corrected chi connectivity index (χ4v) is 7.53. The number of benzene rings is 2. The van der Waals surface area contributed by atoms with Crippen molar-refractivity contribution >= 4 is 11.9 Å². The van der Waals surface area contributed by atoms with Crippen LogP contribution in [0.3, 0.4) is 0 Å². The van der Waals surface area contributed by atoms with Gasteiger partial charge in [0.1, 0.15) is 12.1 Å². The summed E-state index contributed by atoms with van der Waals surface area (Å²) in [5, 5.41) is 31.4. The van der Waals surface area contributed by atoms with E-state index in [9.17, 15) is 19.8 Å². The van der Waals surface area contributed by atoms with Crippen LogP contribution < -0.4 is 16.0 Å². The summed E-state index contributed by atoms with van der Waals surface area (Å²) in [4.78, 5) is 32.3. The lowest BCUT2D eigenvalue weighted by Gasteiger charge is -2.62. The van der Waals surface area contributed by atoms with Gasteiger partial charge in [-0.05, 0) is 59.6 Å². The first-order valence-corrected chi connectivity index (χ1v) is 15.2. The first kappa shape index (κ1) is 30.5. The van der Waals surface area contributed by atoms with Crippen LogP contribution in [0.4, 0.5) is 4.79 Å². The standard InChI is InChI=1S/C33H46N4O5/c1-20-26-14-25(33(26,3)4)15-27(20)36-31(40)30-29(21(2)39)28(19-38)42-37(30)18-24-12-8-11-23(13-24)17-35-32(41)34-16-22-9-6-5-7-10-22/h5-13,20-21,25-30,38-39H,14-19H2,1-4H3,(H,36,40)(H2,34,35,41)/t20-,21-,25+,26-,27-,28-,29+,30-/m0/s1. The molecule has 8 atom stereocenters. The zero-order valence-electron chi connectivity index (χ0n) is 25.1. The quantitative estimate of drug-likeness (QED) is 0.295. The Morgan fingerprint density at radius 2 is 1.69 bits per heavy atom. The van der Waals surface area contributed by atoms with Crippen molar-refractivity contribution in [2.24, 2.45) is 29.1 Å². The zero-order valence-corrected chi connectivity index (χ0v) is 25.1. The lowest BCUT2D eigenvalue weighted by Crippen LogP contribution is -2.62. The van der Waals surface area contributed by atoms with E-state index in [1.165, 1.54) is 6.42 Å². The molecule has 2 aromatic rings. The number of nitrogens with zero attached hydrogens (tertiary/aromatic N) is 1. The molecule has 3 saturated carbocycles. The SMILES string of the molecule is C[C@@H]1[C@@H](NC(=O)[C@@H]2[C@H]([C@H](C)O)[C@H](CO)ON2Cc2cccc(CNC(=O)NCc3ccccc3)c2)C[C@H]2C[C@@H]1C2(C)C. The van der Waals surface area contributed by atoms with Gasteiger partial charge in [-0.15, -0.1) is 0 Å². The van der Waals surface area contributed by atoms with Gasteiger partial charge in [-0.25, -0.2) is 4.79 Å². The molecule has 0 unspecified atom stereocenters. The summed E-state index contributed by atoms with van der Waals surface area (Å²) in [6.07, 6.45) is 0.655. The molecule has 6 rings (SSSR count). The minimum absolute atomic E-state index is 0.0846. The summed E-state index contributed by atoms with van der Waals surface area (Å²) < 4.78 is 0. The number of hydroxylamine groups is 2. The van der Waals surface area contributed by atoms with E-state index in [1.54, 1.807) is 12.0 Å². The van der Waals surface area contributed by atoms with Crippen molar-refractivity contribution in [3.63, 3.8) is 0 Å². The van der Waals surface area contributed by atoms with Crippen molar-refractivity contribution in [3.8, 4) is 0 Å². The average molecular weight is 579 g/mol. The Balaban J connectivity index is 1.23. The second kappa shape index (κ2) is 12.7. The first-order valence-electron chi connectivity index (χ1n) is 15.2. The first-order chi connectivity index (χ1) is 20.1. The highest BCUT2D eigenvalue weighted by atomic mass is 16.7. The molecule has 2 aromatic carbocycles. The van der Waals surface area contributed by atoms with Crippen LogP contribution in [-0.4, -0.2) is 58.1 Å². The molecule has 0 aromatic heterocycles. The van der Waals surface area contributed by atoms with E-state index >= 15 is 0 Å². The Morgan fingerprint density at radius 3 is 2.33 bits per heavy atom. The molecule has 0 spiro atoms. The van der Waals surface area contributed by atoms with E-state index in [-0.39, 0.29) is 24.6 Å². The molecule has 3 aliphatic carbocycles. The highest BCUT2D eigenvalue weighted by Crippen LogP contribution is 2.61. The van der Waals surface area contributed by atoms with Gasteiger partial charge >= 0.3 is 6.03 Å². The van der Waals surface area contributed by atoms with Crippen LogP contribution in [0.2, 0.25) is 0 Å². The fourth-order valence-electron chi connectivity index (χ4n) is 7.53. The van der Waals surface area contributed by atoms with Crippen LogP contribution in [-0.2, 0) is 29.3 Å². The fraction of sp³-hybridized carbons (Fsp3) is 0.576. The number of aliphatic hydroxyl groups is 2. The summed E-state index contributed by atoms with van der Waals surface area (Å²) in [5.74, 6) is 0.831. The van der Waals surface area contributed by atoms with Gasteiger partial charge in [0, 0.05) is 25.0 Å². The number of nitrogens with one attached hydrogen (secondary N) is 3. The highest BCUT2D eigenvalue weighted by molar-refractivity contribution is 5.83. The Hall–Kier alpha value is -2.98. The Bertz CT molecular complexity index is 1240. The van der Waals surface area contributed by atoms with Crippen LogP contribution in [0.15, 0.2) is 54.6 Å². The monoisotopic (exact) mass is 578 g/mol. The number of carbonyl (C=O) groups excluding carboxylic acids is 2. The van der Waals surface area contributed by atoms with Gasteiger partial charge in [-0.1, -0.05) is 75.4 Å². The normalized spacial score (nSPS) is 30.7. The third-order valence-corrected chi connectivity index (χ3v) is 10.1. The number of carbonyl (C=O) groups is 2. The van der Waals surface area contributed by atoms with Gasteiger partial charge in [-0.2, -0.15) is 5.06 Å². The van der Waals surface area contributed by atoms with E-state index < -0.39 is 24.2 Å². The van der Waals surface area contributed by atoms with Gasteiger partial charge in [0.15, 0.2) is 0 Å². The van der Waals surface area contributed by atoms with Crippen LogP contribution in [0.5, 0.6) is 0 Å². The number of aliphatic hydroxyl groups excluding tert-OH is 2. The third-order valence-electron chi connectivity index (χ3n) is 10.1. The topological polar surface area (TPSA) is 123 Å². The number of fused-ring (bicyclic) bond motifs is 2. The molecule has 9 nitrogen and oxygen atoms in total. The van der Waals surface area contributed by atoms with Crippen molar-refractivity contribution in [3.05, 3.63) is 71.3 Å².